The Morgan fingerprint density at radius 2 is 2.00 bits per heavy atom. The lowest BCUT2D eigenvalue weighted by Crippen LogP contribution is -2.29. The molecule has 0 radical (unpaired) electrons. The van der Waals surface area contributed by atoms with E-state index in [1.165, 1.54) is 18.0 Å². The van der Waals surface area contributed by atoms with Crippen LogP contribution in [0, 0.1) is 0 Å². The fourth-order valence-corrected chi connectivity index (χ4v) is 3.63. The molecule has 1 heterocycles. The number of esters is 1. The summed E-state index contributed by atoms with van der Waals surface area (Å²) < 4.78 is 18.4. The quantitative estimate of drug-likeness (QED) is 0.326. The van der Waals surface area contributed by atoms with E-state index in [1.807, 2.05) is 26.8 Å². The highest BCUT2D eigenvalue weighted by atomic mass is 79.9. The van der Waals surface area contributed by atoms with Crippen molar-refractivity contribution in [2.75, 3.05) is 13.7 Å². The van der Waals surface area contributed by atoms with E-state index >= 15 is 0 Å². The molecule has 3 aromatic rings. The lowest BCUT2D eigenvalue weighted by Gasteiger charge is -2.21. The van der Waals surface area contributed by atoms with E-state index in [2.05, 4.69) is 21.0 Å². The van der Waals surface area contributed by atoms with Gasteiger partial charge in [0.1, 0.15) is 5.82 Å². The van der Waals surface area contributed by atoms with Crippen molar-refractivity contribution in [1.29, 1.82) is 0 Å². The number of hydrogen-bond acceptors (Lipinski definition) is 7. The van der Waals surface area contributed by atoms with Gasteiger partial charge in [-0.3, -0.25) is 4.79 Å². The smallest absolute Gasteiger partial charge is 0.347 e. The molecule has 180 valence electrons. The van der Waals surface area contributed by atoms with Crippen LogP contribution in [0.25, 0.3) is 10.9 Å². The molecular formula is C25H28BrN3O5. The number of hydrogen-bond donors (Lipinski definition) is 0. The second kappa shape index (κ2) is 10.4. The summed E-state index contributed by atoms with van der Waals surface area (Å²) in [5.41, 5.74) is 0.372. The summed E-state index contributed by atoms with van der Waals surface area (Å²) in [6.07, 6.45) is 0.633. The molecule has 0 aliphatic carbocycles. The molecule has 0 amide bonds. The Morgan fingerprint density at radius 3 is 2.65 bits per heavy atom. The summed E-state index contributed by atoms with van der Waals surface area (Å²) in [4.78, 5) is 30.2. The monoisotopic (exact) mass is 529 g/mol. The fraction of sp³-hybridized carbons (Fsp3) is 0.360. The maximum Gasteiger partial charge on any atom is 0.347 e. The van der Waals surface area contributed by atoms with Gasteiger partial charge in [0.2, 0.25) is 0 Å². The van der Waals surface area contributed by atoms with Gasteiger partial charge in [-0.2, -0.15) is 9.78 Å². The summed E-state index contributed by atoms with van der Waals surface area (Å²) in [5.74, 6) is 0.751. The van der Waals surface area contributed by atoms with Crippen molar-refractivity contribution in [2.45, 2.75) is 46.1 Å². The van der Waals surface area contributed by atoms with Crippen molar-refractivity contribution in [3.05, 3.63) is 62.6 Å². The molecule has 0 spiro atoms. The van der Waals surface area contributed by atoms with Crippen molar-refractivity contribution >= 4 is 39.0 Å². The van der Waals surface area contributed by atoms with Gasteiger partial charge >= 0.3 is 5.97 Å². The predicted octanol–water partition coefficient (Wildman–Crippen LogP) is 4.68. The van der Waals surface area contributed by atoms with Crippen molar-refractivity contribution < 1.29 is 19.0 Å². The van der Waals surface area contributed by atoms with Gasteiger partial charge in [-0.25, -0.2) is 9.78 Å². The Bertz CT molecular complexity index is 1290. The third kappa shape index (κ3) is 5.47. The summed E-state index contributed by atoms with van der Waals surface area (Å²) in [5, 5.41) is 4.94. The van der Waals surface area contributed by atoms with Crippen molar-refractivity contribution in [3.8, 4) is 11.5 Å². The molecule has 9 heteroatoms. The number of para-hydroxylation sites is 1. The number of ether oxygens (including phenoxy) is 3. The number of carbonyl (C=O) groups excluding carboxylic acids is 1. The molecule has 0 bridgehead atoms. The first-order chi connectivity index (χ1) is 16.1. The van der Waals surface area contributed by atoms with Crippen LogP contribution >= 0.6 is 15.9 Å². The van der Waals surface area contributed by atoms with Gasteiger partial charge in [0, 0.05) is 15.5 Å². The van der Waals surface area contributed by atoms with Gasteiger partial charge < -0.3 is 14.2 Å². The zero-order valence-electron chi connectivity index (χ0n) is 20.1. The second-order valence-corrected chi connectivity index (χ2v) is 9.51. The van der Waals surface area contributed by atoms with Crippen LogP contribution < -0.4 is 15.0 Å². The van der Waals surface area contributed by atoms with Gasteiger partial charge in [0.25, 0.3) is 5.56 Å². The van der Waals surface area contributed by atoms with E-state index in [4.69, 9.17) is 19.2 Å². The number of nitrogens with zero attached hydrogens (tertiary/aromatic N) is 3. The third-order valence-electron chi connectivity index (χ3n) is 4.93. The molecule has 3 rings (SSSR count). The van der Waals surface area contributed by atoms with Crippen molar-refractivity contribution in [2.24, 2.45) is 5.10 Å². The molecule has 0 unspecified atom stereocenters. The number of benzene rings is 2. The van der Waals surface area contributed by atoms with E-state index in [1.54, 1.807) is 44.2 Å². The zero-order chi connectivity index (χ0) is 25.0. The maximum absolute atomic E-state index is 13.4. The van der Waals surface area contributed by atoms with Gasteiger partial charge in [0.15, 0.2) is 17.6 Å². The molecule has 0 aliphatic heterocycles. The molecule has 0 saturated heterocycles. The third-order valence-corrected chi connectivity index (χ3v) is 5.43. The molecule has 0 aliphatic rings. The maximum atomic E-state index is 13.4. The van der Waals surface area contributed by atoms with Crippen LogP contribution in [0.4, 0.5) is 0 Å². The van der Waals surface area contributed by atoms with Crippen molar-refractivity contribution in [1.82, 2.24) is 9.66 Å². The molecular weight excluding hydrogens is 502 g/mol. The number of halogens is 1. The fourth-order valence-electron chi connectivity index (χ4n) is 3.27. The lowest BCUT2D eigenvalue weighted by atomic mass is 9.95. The first kappa shape index (κ1) is 25.4. The van der Waals surface area contributed by atoms with Crippen molar-refractivity contribution in [3.63, 3.8) is 0 Å². The first-order valence-electron chi connectivity index (χ1n) is 10.8. The first-order valence-corrected chi connectivity index (χ1v) is 11.6. The molecule has 1 aromatic heterocycles. The van der Waals surface area contributed by atoms with Crippen LogP contribution in [0.2, 0.25) is 0 Å². The van der Waals surface area contributed by atoms with Gasteiger partial charge in [-0.1, -0.05) is 42.8 Å². The number of carbonyl (C=O) groups is 1. The van der Waals surface area contributed by atoms with Crippen LogP contribution in [-0.2, 0) is 14.9 Å². The minimum Gasteiger partial charge on any atom is -0.493 e. The minimum atomic E-state index is -0.865. The number of rotatable bonds is 7. The highest BCUT2D eigenvalue weighted by Gasteiger charge is 2.24. The summed E-state index contributed by atoms with van der Waals surface area (Å²) in [6, 6.07) is 10.6. The van der Waals surface area contributed by atoms with Crippen LogP contribution in [0.3, 0.4) is 0 Å². The van der Waals surface area contributed by atoms with E-state index in [0.717, 1.165) is 4.47 Å². The molecule has 0 fully saturated rings. The van der Waals surface area contributed by atoms with Crippen LogP contribution in [-0.4, -0.2) is 41.7 Å². The Kier molecular flexibility index (Phi) is 7.76. The summed E-state index contributed by atoms with van der Waals surface area (Å²) in [7, 11) is 1.51. The Balaban J connectivity index is 2.14. The lowest BCUT2D eigenvalue weighted by molar-refractivity contribution is -0.150. The predicted molar refractivity (Wildman–Crippen MR) is 135 cm³/mol. The Hall–Kier alpha value is -3.20. The number of aromatic nitrogens is 2. The van der Waals surface area contributed by atoms with E-state index in [9.17, 15) is 9.59 Å². The molecule has 2 aromatic carbocycles. The standard InChI is InChI=1S/C25H28BrN3O5/c1-7-33-23(31)15(2)34-21-16(9-8-10-20(21)32-6)14-27-29-22(30)18-13-17(26)11-12-19(18)28-24(29)25(3,4)5/h8-15H,7H2,1-6H3/t15-/m1/s1. The van der Waals surface area contributed by atoms with E-state index < -0.39 is 17.5 Å². The SMILES string of the molecule is CCOC(=O)[C@@H](C)Oc1c(C=Nn2c(C(C)(C)C)nc3ccc(Br)cc3c2=O)cccc1OC. The molecule has 8 nitrogen and oxygen atoms in total. The molecule has 34 heavy (non-hydrogen) atoms. The number of fused-ring (bicyclic) bond motifs is 1. The number of methoxy groups -OCH3 is 1. The van der Waals surface area contributed by atoms with E-state index in [0.29, 0.717) is 33.8 Å². The average molecular weight is 530 g/mol. The highest BCUT2D eigenvalue weighted by molar-refractivity contribution is 9.10. The average Bonchev–Trinajstić information content (AvgIpc) is 2.78. The van der Waals surface area contributed by atoms with Crippen LogP contribution in [0.1, 0.15) is 46.0 Å². The Labute approximate surface area is 206 Å². The van der Waals surface area contributed by atoms with E-state index in [-0.39, 0.29) is 12.2 Å². The van der Waals surface area contributed by atoms with Gasteiger partial charge in [-0.05, 0) is 44.2 Å². The summed E-state index contributed by atoms with van der Waals surface area (Å²) >= 11 is 3.41. The normalized spacial score (nSPS) is 12.7. The largest absolute Gasteiger partial charge is 0.493 e. The topological polar surface area (TPSA) is 92.0 Å². The van der Waals surface area contributed by atoms with Gasteiger partial charge in [-0.15, -0.1) is 0 Å². The minimum absolute atomic E-state index is 0.246. The second-order valence-electron chi connectivity index (χ2n) is 8.60. The molecule has 0 N–H and O–H groups in total. The Morgan fingerprint density at radius 1 is 1.26 bits per heavy atom. The molecule has 1 atom stereocenters. The molecule has 0 saturated carbocycles. The zero-order valence-corrected chi connectivity index (χ0v) is 21.7. The highest BCUT2D eigenvalue weighted by Crippen LogP contribution is 2.31. The van der Waals surface area contributed by atoms with Crippen LogP contribution in [0.15, 0.2) is 50.8 Å². The summed E-state index contributed by atoms with van der Waals surface area (Å²) in [6.45, 7) is 9.47. The van der Waals surface area contributed by atoms with Crippen LogP contribution in [0.5, 0.6) is 11.5 Å². The van der Waals surface area contributed by atoms with Gasteiger partial charge in [0.05, 0.1) is 30.8 Å².